The van der Waals surface area contributed by atoms with Gasteiger partial charge in [-0.3, -0.25) is 4.79 Å². The molecule has 6 heteroatoms. The zero-order valence-corrected chi connectivity index (χ0v) is 14.5. The van der Waals surface area contributed by atoms with Gasteiger partial charge in [-0.2, -0.15) is 0 Å². The molecule has 4 aromatic rings. The number of halogens is 2. The number of aromatic nitrogens is 2. The van der Waals surface area contributed by atoms with Crippen LogP contribution in [0.25, 0.3) is 20.8 Å². The van der Waals surface area contributed by atoms with Crippen molar-refractivity contribution in [2.24, 2.45) is 0 Å². The molecule has 0 fully saturated rings. The van der Waals surface area contributed by atoms with Gasteiger partial charge in [0.15, 0.2) is 0 Å². The summed E-state index contributed by atoms with van der Waals surface area (Å²) in [7, 11) is 0. The topological polar surface area (TPSA) is 34.9 Å². The van der Waals surface area contributed by atoms with Crippen LogP contribution in [-0.2, 0) is 6.54 Å². The first-order chi connectivity index (χ1) is 12.1. The highest BCUT2D eigenvalue weighted by Gasteiger charge is 2.09. The quantitative estimate of drug-likeness (QED) is 0.510. The smallest absolute Gasteiger partial charge is 0.250 e. The van der Waals surface area contributed by atoms with E-state index >= 15 is 0 Å². The number of pyridine rings is 1. The molecule has 0 unspecified atom stereocenters. The third-order valence-corrected chi connectivity index (χ3v) is 5.25. The minimum absolute atomic E-state index is 0.0688. The first kappa shape index (κ1) is 16.0. The van der Waals surface area contributed by atoms with Gasteiger partial charge < -0.3 is 4.57 Å². The Morgan fingerprint density at radius 2 is 1.96 bits per heavy atom. The van der Waals surface area contributed by atoms with E-state index < -0.39 is 5.82 Å². The number of nitrogens with zero attached hydrogens (tertiary/aromatic N) is 2. The maximum atomic E-state index is 13.6. The summed E-state index contributed by atoms with van der Waals surface area (Å²) < 4.78 is 16.3. The largest absolute Gasteiger partial charge is 0.310 e. The van der Waals surface area contributed by atoms with Crippen molar-refractivity contribution in [2.75, 3.05) is 0 Å². The van der Waals surface area contributed by atoms with Gasteiger partial charge in [0.25, 0.3) is 5.56 Å². The summed E-state index contributed by atoms with van der Waals surface area (Å²) >= 11 is 7.28. The fraction of sp³-hybridized carbons (Fsp3) is 0.0526. The molecule has 2 heterocycles. The Labute approximate surface area is 152 Å². The number of hydrogen-bond donors (Lipinski definition) is 0. The van der Waals surface area contributed by atoms with Gasteiger partial charge in [0.2, 0.25) is 0 Å². The van der Waals surface area contributed by atoms with Crippen molar-refractivity contribution in [3.63, 3.8) is 0 Å². The lowest BCUT2D eigenvalue weighted by atomic mass is 10.2. The third kappa shape index (κ3) is 3.21. The third-order valence-electron chi connectivity index (χ3n) is 3.86. The molecule has 2 aromatic carbocycles. The minimum Gasteiger partial charge on any atom is -0.310 e. The van der Waals surface area contributed by atoms with Crippen LogP contribution in [0.2, 0.25) is 5.02 Å². The number of rotatable bonds is 3. The lowest BCUT2D eigenvalue weighted by molar-refractivity contribution is 0.623. The Bertz CT molecular complexity index is 1100. The van der Waals surface area contributed by atoms with Crippen molar-refractivity contribution in [2.45, 2.75) is 6.54 Å². The molecule has 0 saturated carbocycles. The molecule has 0 bridgehead atoms. The SMILES string of the molecule is O=c1ccc(-c2nc3ccccc3s2)cn1Cc1ccc(Cl)c(F)c1. The molecule has 0 aliphatic carbocycles. The summed E-state index contributed by atoms with van der Waals surface area (Å²) in [5, 5.41) is 0.913. The second kappa shape index (κ2) is 6.43. The summed E-state index contributed by atoms with van der Waals surface area (Å²) in [4.78, 5) is 16.8. The van der Waals surface area contributed by atoms with Crippen molar-refractivity contribution in [1.29, 1.82) is 0 Å². The van der Waals surface area contributed by atoms with Crippen LogP contribution in [-0.4, -0.2) is 9.55 Å². The summed E-state index contributed by atoms with van der Waals surface area (Å²) in [5.41, 5.74) is 2.31. The molecule has 0 amide bonds. The Kier molecular flexibility index (Phi) is 4.11. The second-order valence-electron chi connectivity index (χ2n) is 5.62. The van der Waals surface area contributed by atoms with Crippen molar-refractivity contribution in [3.8, 4) is 10.6 Å². The molecule has 0 radical (unpaired) electrons. The zero-order valence-electron chi connectivity index (χ0n) is 12.9. The van der Waals surface area contributed by atoms with E-state index in [1.165, 1.54) is 18.2 Å². The van der Waals surface area contributed by atoms with Gasteiger partial charge in [0.05, 0.1) is 21.8 Å². The fourth-order valence-electron chi connectivity index (χ4n) is 2.61. The highest BCUT2D eigenvalue weighted by atomic mass is 35.5. The van der Waals surface area contributed by atoms with Crippen LogP contribution in [0.4, 0.5) is 4.39 Å². The van der Waals surface area contributed by atoms with Gasteiger partial charge in [-0.25, -0.2) is 9.37 Å². The zero-order chi connectivity index (χ0) is 17.4. The van der Waals surface area contributed by atoms with E-state index in [0.717, 1.165) is 20.8 Å². The van der Waals surface area contributed by atoms with Crippen LogP contribution < -0.4 is 5.56 Å². The Hall–Kier alpha value is -2.50. The van der Waals surface area contributed by atoms with Gasteiger partial charge in [-0.15, -0.1) is 11.3 Å². The molecule has 2 aromatic heterocycles. The maximum Gasteiger partial charge on any atom is 0.250 e. The highest BCUT2D eigenvalue weighted by Crippen LogP contribution is 2.29. The van der Waals surface area contributed by atoms with E-state index in [4.69, 9.17) is 11.6 Å². The predicted molar refractivity (Wildman–Crippen MR) is 99.8 cm³/mol. The number of benzene rings is 2. The van der Waals surface area contributed by atoms with Gasteiger partial charge in [0, 0.05) is 17.8 Å². The molecular formula is C19H12ClFN2OS. The highest BCUT2D eigenvalue weighted by molar-refractivity contribution is 7.21. The van der Waals surface area contributed by atoms with Gasteiger partial charge >= 0.3 is 0 Å². The normalized spacial score (nSPS) is 11.1. The van der Waals surface area contributed by atoms with Gasteiger partial charge in [-0.1, -0.05) is 29.8 Å². The summed E-state index contributed by atoms with van der Waals surface area (Å²) in [5.74, 6) is -0.491. The predicted octanol–water partition coefficient (Wildman–Crippen LogP) is 4.97. The first-order valence-electron chi connectivity index (χ1n) is 7.60. The molecular weight excluding hydrogens is 359 g/mol. The van der Waals surface area contributed by atoms with Gasteiger partial charge in [-0.05, 0) is 35.9 Å². The summed E-state index contributed by atoms with van der Waals surface area (Å²) in [6.45, 7) is 0.270. The molecule has 4 rings (SSSR count). The Balaban J connectivity index is 1.72. The van der Waals surface area contributed by atoms with Crippen LogP contribution in [0.3, 0.4) is 0 Å². The second-order valence-corrected chi connectivity index (χ2v) is 7.06. The molecule has 0 aliphatic rings. The van der Waals surface area contributed by atoms with Crippen molar-refractivity contribution in [3.05, 3.63) is 87.6 Å². The van der Waals surface area contributed by atoms with E-state index in [1.807, 2.05) is 24.3 Å². The summed E-state index contributed by atoms with van der Waals surface area (Å²) in [6.07, 6.45) is 1.76. The van der Waals surface area contributed by atoms with Crippen LogP contribution >= 0.6 is 22.9 Å². The van der Waals surface area contributed by atoms with Crippen molar-refractivity contribution >= 4 is 33.2 Å². The van der Waals surface area contributed by atoms with Crippen LogP contribution in [0.1, 0.15) is 5.56 Å². The molecule has 0 saturated heterocycles. The van der Waals surface area contributed by atoms with Crippen LogP contribution in [0, 0.1) is 5.82 Å². The molecule has 124 valence electrons. The van der Waals surface area contributed by atoms with E-state index in [2.05, 4.69) is 4.98 Å². The number of fused-ring (bicyclic) bond motifs is 1. The molecule has 3 nitrogen and oxygen atoms in total. The molecule has 0 N–H and O–H groups in total. The average molecular weight is 371 g/mol. The van der Waals surface area contributed by atoms with Crippen molar-refractivity contribution < 1.29 is 4.39 Å². The van der Waals surface area contributed by atoms with E-state index in [-0.39, 0.29) is 17.1 Å². The van der Waals surface area contributed by atoms with Crippen LogP contribution in [0.15, 0.2) is 65.6 Å². The lowest BCUT2D eigenvalue weighted by Crippen LogP contribution is -2.19. The number of para-hydroxylation sites is 1. The molecule has 0 spiro atoms. The molecule has 0 aliphatic heterocycles. The molecule has 0 atom stereocenters. The maximum absolute atomic E-state index is 13.6. The van der Waals surface area contributed by atoms with E-state index in [0.29, 0.717) is 5.56 Å². The Morgan fingerprint density at radius 3 is 2.76 bits per heavy atom. The molecule has 25 heavy (non-hydrogen) atoms. The lowest BCUT2D eigenvalue weighted by Gasteiger charge is -2.08. The Morgan fingerprint density at radius 1 is 1.12 bits per heavy atom. The van der Waals surface area contributed by atoms with Crippen molar-refractivity contribution in [1.82, 2.24) is 9.55 Å². The number of hydrogen-bond acceptors (Lipinski definition) is 3. The monoisotopic (exact) mass is 370 g/mol. The van der Waals surface area contributed by atoms with E-state index in [9.17, 15) is 9.18 Å². The summed E-state index contributed by atoms with van der Waals surface area (Å²) in [6, 6.07) is 15.7. The minimum atomic E-state index is -0.491. The number of thiazole rings is 1. The van der Waals surface area contributed by atoms with Crippen LogP contribution in [0.5, 0.6) is 0 Å². The average Bonchev–Trinajstić information content (AvgIpc) is 3.04. The van der Waals surface area contributed by atoms with Gasteiger partial charge in [0.1, 0.15) is 10.8 Å². The standard InChI is InChI=1S/C19H12ClFN2OS/c20-14-7-5-12(9-15(14)21)10-23-11-13(6-8-18(23)24)19-22-16-3-1-2-4-17(16)25-19/h1-9,11H,10H2. The first-order valence-corrected chi connectivity index (χ1v) is 8.80. The van der Waals surface area contributed by atoms with E-state index in [1.54, 1.807) is 34.2 Å². The fourth-order valence-corrected chi connectivity index (χ4v) is 3.69.